The van der Waals surface area contributed by atoms with Crippen molar-refractivity contribution in [2.24, 2.45) is 0 Å². The highest BCUT2D eigenvalue weighted by Crippen LogP contribution is 2.49. The monoisotopic (exact) mass is 337 g/mol. The summed E-state index contributed by atoms with van der Waals surface area (Å²) in [6.45, 7) is 8.53. The van der Waals surface area contributed by atoms with Gasteiger partial charge in [-0.15, -0.1) is 0 Å². The summed E-state index contributed by atoms with van der Waals surface area (Å²) in [6.07, 6.45) is 1.78. The fourth-order valence-electron chi connectivity index (χ4n) is 3.27. The molecule has 3 nitrogen and oxygen atoms in total. The largest absolute Gasteiger partial charge is 0.508 e. The zero-order valence-corrected chi connectivity index (χ0v) is 15.5. The molecule has 3 heteroatoms. The highest BCUT2D eigenvalue weighted by atomic mass is 16.3. The number of hydrogen-bond acceptors (Lipinski definition) is 2. The number of carbonyl (C=O) groups is 1. The Labute approximate surface area is 150 Å². The van der Waals surface area contributed by atoms with Gasteiger partial charge in [0.25, 0.3) is 0 Å². The van der Waals surface area contributed by atoms with Gasteiger partial charge in [0.1, 0.15) is 5.75 Å². The van der Waals surface area contributed by atoms with Crippen molar-refractivity contribution in [3.05, 3.63) is 65.2 Å². The van der Waals surface area contributed by atoms with E-state index in [0.29, 0.717) is 0 Å². The van der Waals surface area contributed by atoms with Crippen LogP contribution in [0.5, 0.6) is 5.75 Å². The van der Waals surface area contributed by atoms with E-state index in [2.05, 4.69) is 50.4 Å². The van der Waals surface area contributed by atoms with Gasteiger partial charge >= 0.3 is 0 Å². The van der Waals surface area contributed by atoms with Crippen LogP contribution in [0.1, 0.15) is 63.3 Å². The van der Waals surface area contributed by atoms with Crippen molar-refractivity contribution < 1.29 is 9.90 Å². The van der Waals surface area contributed by atoms with Crippen molar-refractivity contribution in [3.63, 3.8) is 0 Å². The van der Waals surface area contributed by atoms with Crippen LogP contribution in [0.25, 0.3) is 0 Å². The van der Waals surface area contributed by atoms with Crippen molar-refractivity contribution in [2.75, 3.05) is 0 Å². The van der Waals surface area contributed by atoms with E-state index in [-0.39, 0.29) is 28.5 Å². The fraction of sp³-hybridized carbons (Fsp3) is 0.409. The molecule has 1 atom stereocenters. The first kappa shape index (κ1) is 17.5. The van der Waals surface area contributed by atoms with E-state index in [1.807, 2.05) is 13.0 Å². The standard InChI is InChI=1S/C22H27NO2/c1-15(16-6-5-7-19(24)14-16)23-20(25)22(12-13-22)18-10-8-17(9-11-18)21(2,3)4/h5-11,14-15,24H,12-13H2,1-4H3,(H,23,25). The van der Waals surface area contributed by atoms with E-state index >= 15 is 0 Å². The van der Waals surface area contributed by atoms with Crippen molar-refractivity contribution in [2.45, 2.75) is 57.4 Å². The molecule has 1 fully saturated rings. The Morgan fingerprint density at radius 2 is 1.76 bits per heavy atom. The Bertz CT molecular complexity index is 767. The van der Waals surface area contributed by atoms with Gasteiger partial charge < -0.3 is 10.4 Å². The minimum atomic E-state index is -0.387. The first-order chi connectivity index (χ1) is 11.7. The third kappa shape index (κ3) is 3.55. The highest BCUT2D eigenvalue weighted by Gasteiger charge is 2.51. The third-order valence-corrected chi connectivity index (χ3v) is 5.21. The minimum absolute atomic E-state index is 0.0758. The van der Waals surface area contributed by atoms with Crippen LogP contribution in [0.15, 0.2) is 48.5 Å². The molecule has 1 saturated carbocycles. The molecule has 0 radical (unpaired) electrons. The molecule has 1 unspecified atom stereocenters. The number of carbonyl (C=O) groups excluding carboxylic acids is 1. The molecule has 2 N–H and O–H groups in total. The van der Waals surface area contributed by atoms with Crippen LogP contribution in [-0.4, -0.2) is 11.0 Å². The molecule has 0 aromatic heterocycles. The molecule has 132 valence electrons. The second-order valence-corrected chi connectivity index (χ2v) is 8.20. The zero-order valence-electron chi connectivity index (χ0n) is 15.5. The Kier molecular flexibility index (Phi) is 4.36. The predicted octanol–water partition coefficient (Wildman–Crippen LogP) is 4.60. The van der Waals surface area contributed by atoms with Gasteiger partial charge in [-0.05, 0) is 54.0 Å². The number of amides is 1. The first-order valence-electron chi connectivity index (χ1n) is 8.93. The van der Waals surface area contributed by atoms with Crippen molar-refractivity contribution in [1.82, 2.24) is 5.32 Å². The predicted molar refractivity (Wildman–Crippen MR) is 101 cm³/mol. The lowest BCUT2D eigenvalue weighted by Crippen LogP contribution is -2.36. The Morgan fingerprint density at radius 1 is 1.12 bits per heavy atom. The van der Waals surface area contributed by atoms with Crippen LogP contribution >= 0.6 is 0 Å². The normalized spacial score (nSPS) is 17.0. The van der Waals surface area contributed by atoms with Crippen LogP contribution in [0.2, 0.25) is 0 Å². The molecule has 0 heterocycles. The van der Waals surface area contributed by atoms with E-state index in [9.17, 15) is 9.90 Å². The number of hydrogen-bond donors (Lipinski definition) is 2. The summed E-state index contributed by atoms with van der Waals surface area (Å²) >= 11 is 0. The molecule has 2 aromatic rings. The summed E-state index contributed by atoms with van der Waals surface area (Å²) in [5.74, 6) is 0.296. The quantitative estimate of drug-likeness (QED) is 0.856. The summed E-state index contributed by atoms with van der Waals surface area (Å²) in [5.41, 5.74) is 3.01. The summed E-state index contributed by atoms with van der Waals surface area (Å²) in [7, 11) is 0. The molecule has 1 aliphatic carbocycles. The molecule has 0 spiro atoms. The number of benzene rings is 2. The number of nitrogens with one attached hydrogen (secondary N) is 1. The molecule has 1 amide bonds. The number of phenols is 1. The second-order valence-electron chi connectivity index (χ2n) is 8.20. The molecule has 0 saturated heterocycles. The van der Waals surface area contributed by atoms with Crippen LogP contribution in [0.3, 0.4) is 0 Å². The van der Waals surface area contributed by atoms with Gasteiger partial charge in [-0.1, -0.05) is 57.2 Å². The maximum absolute atomic E-state index is 12.9. The molecule has 2 aromatic carbocycles. The van der Waals surface area contributed by atoms with Crippen LogP contribution in [0, 0.1) is 0 Å². The van der Waals surface area contributed by atoms with Crippen LogP contribution in [-0.2, 0) is 15.6 Å². The number of rotatable bonds is 4. The molecular weight excluding hydrogens is 310 g/mol. The van der Waals surface area contributed by atoms with E-state index in [1.165, 1.54) is 5.56 Å². The van der Waals surface area contributed by atoms with Gasteiger partial charge in [-0.25, -0.2) is 0 Å². The highest BCUT2D eigenvalue weighted by molar-refractivity contribution is 5.91. The third-order valence-electron chi connectivity index (χ3n) is 5.21. The average molecular weight is 337 g/mol. The number of phenolic OH excluding ortho intramolecular Hbond substituents is 1. The summed E-state index contributed by atoms with van der Waals surface area (Å²) in [6, 6.07) is 15.4. The van der Waals surface area contributed by atoms with E-state index in [0.717, 1.165) is 24.0 Å². The maximum Gasteiger partial charge on any atom is 0.231 e. The minimum Gasteiger partial charge on any atom is -0.508 e. The van der Waals surface area contributed by atoms with Crippen molar-refractivity contribution >= 4 is 5.91 Å². The summed E-state index contributed by atoms with van der Waals surface area (Å²) < 4.78 is 0. The number of aromatic hydroxyl groups is 1. The van der Waals surface area contributed by atoms with Gasteiger partial charge in [0.15, 0.2) is 0 Å². The van der Waals surface area contributed by atoms with Crippen molar-refractivity contribution in [3.8, 4) is 5.75 Å². The molecule has 3 rings (SSSR count). The zero-order chi connectivity index (χ0) is 18.2. The fourth-order valence-corrected chi connectivity index (χ4v) is 3.27. The average Bonchev–Trinajstić information content (AvgIpc) is 3.36. The van der Waals surface area contributed by atoms with Gasteiger partial charge in [-0.3, -0.25) is 4.79 Å². The second kappa shape index (κ2) is 6.21. The lowest BCUT2D eigenvalue weighted by atomic mass is 9.85. The maximum atomic E-state index is 12.9. The molecule has 25 heavy (non-hydrogen) atoms. The molecule has 0 bridgehead atoms. The van der Waals surface area contributed by atoms with Gasteiger partial charge in [0.2, 0.25) is 5.91 Å². The van der Waals surface area contributed by atoms with E-state index < -0.39 is 0 Å². The van der Waals surface area contributed by atoms with E-state index in [4.69, 9.17) is 0 Å². The van der Waals surface area contributed by atoms with Crippen LogP contribution in [0.4, 0.5) is 0 Å². The molecule has 1 aliphatic rings. The van der Waals surface area contributed by atoms with Gasteiger partial charge in [0.05, 0.1) is 11.5 Å². The molecule has 0 aliphatic heterocycles. The van der Waals surface area contributed by atoms with Gasteiger partial charge in [0, 0.05) is 0 Å². The van der Waals surface area contributed by atoms with Crippen molar-refractivity contribution in [1.29, 1.82) is 0 Å². The first-order valence-corrected chi connectivity index (χ1v) is 8.93. The Hall–Kier alpha value is -2.29. The van der Waals surface area contributed by atoms with Crippen LogP contribution < -0.4 is 5.32 Å². The summed E-state index contributed by atoms with van der Waals surface area (Å²) in [4.78, 5) is 12.9. The smallest absolute Gasteiger partial charge is 0.231 e. The lowest BCUT2D eigenvalue weighted by Gasteiger charge is -2.23. The van der Waals surface area contributed by atoms with E-state index in [1.54, 1.807) is 18.2 Å². The Morgan fingerprint density at radius 3 is 2.28 bits per heavy atom. The molecular formula is C22H27NO2. The Balaban J connectivity index is 1.75. The summed E-state index contributed by atoms with van der Waals surface area (Å²) in [5, 5.41) is 12.7. The topological polar surface area (TPSA) is 49.3 Å². The lowest BCUT2D eigenvalue weighted by molar-refractivity contribution is -0.124. The van der Waals surface area contributed by atoms with Gasteiger partial charge in [-0.2, -0.15) is 0 Å². The SMILES string of the molecule is CC(NC(=O)C1(c2ccc(C(C)(C)C)cc2)CC1)c1cccc(O)c1.